The van der Waals surface area contributed by atoms with Gasteiger partial charge >= 0.3 is 5.69 Å². The van der Waals surface area contributed by atoms with Gasteiger partial charge in [0.25, 0.3) is 0 Å². The Morgan fingerprint density at radius 3 is 2.62 bits per heavy atom. The van der Waals surface area contributed by atoms with Crippen LogP contribution in [0.2, 0.25) is 0 Å². The Morgan fingerprint density at radius 1 is 1.35 bits per heavy atom. The van der Waals surface area contributed by atoms with E-state index in [1.54, 1.807) is 0 Å². The predicted molar refractivity (Wildman–Crippen MR) is 97.3 cm³/mol. The molecule has 2 heterocycles. The molecule has 1 aromatic heterocycles. The minimum Gasteiger partial charge on any atom is -0.361 e. The predicted octanol–water partition coefficient (Wildman–Crippen LogP) is 0.606. The van der Waals surface area contributed by atoms with Crippen molar-refractivity contribution in [1.82, 2.24) is 20.2 Å². The highest BCUT2D eigenvalue weighted by atomic mass is 16.6. The summed E-state index contributed by atoms with van der Waals surface area (Å²) in [6.45, 7) is 7.05. The maximum atomic E-state index is 11.9. The summed E-state index contributed by atoms with van der Waals surface area (Å²) in [6.07, 6.45) is 3.29. The molecule has 1 saturated carbocycles. The molecule has 2 fully saturated rings. The second-order valence-corrected chi connectivity index (χ2v) is 7.06. The lowest BCUT2D eigenvalue weighted by Crippen LogP contribution is -2.50. The molecule has 3 rings (SSSR count). The van der Waals surface area contributed by atoms with Crippen molar-refractivity contribution in [1.29, 1.82) is 0 Å². The van der Waals surface area contributed by atoms with E-state index in [-0.39, 0.29) is 23.7 Å². The summed E-state index contributed by atoms with van der Waals surface area (Å²) in [5, 5.41) is 17.2. The molecule has 1 amide bonds. The van der Waals surface area contributed by atoms with Gasteiger partial charge in [0.05, 0.1) is 11.5 Å². The number of rotatable bonds is 7. The Bertz CT molecular complexity index is 670. The Balaban J connectivity index is 1.60. The zero-order valence-electron chi connectivity index (χ0n) is 15.1. The summed E-state index contributed by atoms with van der Waals surface area (Å²) in [6, 6.07) is 0.405. The molecule has 1 aliphatic heterocycles. The van der Waals surface area contributed by atoms with Crippen LogP contribution >= 0.6 is 0 Å². The smallest absolute Gasteiger partial charge is 0.329 e. The summed E-state index contributed by atoms with van der Waals surface area (Å²) in [5.41, 5.74) is -0.0929. The molecule has 10 nitrogen and oxygen atoms in total. The van der Waals surface area contributed by atoms with E-state index in [2.05, 4.69) is 25.5 Å². The Morgan fingerprint density at radius 2 is 2.04 bits per heavy atom. The highest BCUT2D eigenvalue weighted by Gasteiger charge is 2.28. The number of nitro groups is 1. The van der Waals surface area contributed by atoms with Gasteiger partial charge in [0.15, 0.2) is 0 Å². The van der Waals surface area contributed by atoms with Crippen LogP contribution in [-0.4, -0.2) is 70.5 Å². The first-order valence-corrected chi connectivity index (χ1v) is 8.97. The topological polar surface area (TPSA) is 117 Å². The summed E-state index contributed by atoms with van der Waals surface area (Å²) in [7, 11) is 0. The first kappa shape index (κ1) is 18.3. The molecule has 1 saturated heterocycles. The fourth-order valence-corrected chi connectivity index (χ4v) is 2.86. The van der Waals surface area contributed by atoms with Crippen LogP contribution in [0.5, 0.6) is 0 Å². The molecule has 1 aromatic rings. The van der Waals surface area contributed by atoms with E-state index in [1.165, 1.54) is 6.20 Å². The van der Waals surface area contributed by atoms with Gasteiger partial charge in [-0.1, -0.05) is 0 Å². The molecule has 10 heteroatoms. The largest absolute Gasteiger partial charge is 0.361 e. The zero-order chi connectivity index (χ0) is 18.7. The number of amides is 1. The van der Waals surface area contributed by atoms with Crippen LogP contribution in [0.4, 0.5) is 17.5 Å². The third-order valence-corrected chi connectivity index (χ3v) is 4.34. The normalized spacial score (nSPS) is 18.0. The molecule has 2 aliphatic rings. The van der Waals surface area contributed by atoms with Gasteiger partial charge < -0.3 is 15.5 Å². The average molecular weight is 363 g/mol. The molecule has 2 N–H and O–H groups in total. The van der Waals surface area contributed by atoms with Crippen molar-refractivity contribution in [2.24, 2.45) is 0 Å². The first-order chi connectivity index (χ1) is 12.4. The van der Waals surface area contributed by atoms with Gasteiger partial charge in [0.1, 0.15) is 6.20 Å². The highest BCUT2D eigenvalue weighted by Crippen LogP contribution is 2.30. The van der Waals surface area contributed by atoms with E-state index in [4.69, 9.17) is 0 Å². The molecule has 0 radical (unpaired) electrons. The van der Waals surface area contributed by atoms with Gasteiger partial charge in [-0.05, 0) is 26.7 Å². The van der Waals surface area contributed by atoms with Crippen molar-refractivity contribution in [2.45, 2.75) is 38.8 Å². The fraction of sp³-hybridized carbons (Fsp3) is 0.688. The van der Waals surface area contributed by atoms with Gasteiger partial charge in [-0.2, -0.15) is 4.98 Å². The summed E-state index contributed by atoms with van der Waals surface area (Å²) in [4.78, 5) is 35.2. The van der Waals surface area contributed by atoms with Crippen LogP contribution < -0.4 is 15.5 Å². The van der Waals surface area contributed by atoms with Crippen molar-refractivity contribution in [3.8, 4) is 0 Å². The number of hydrogen-bond donors (Lipinski definition) is 2. The summed E-state index contributed by atoms with van der Waals surface area (Å²) >= 11 is 0. The molecule has 0 unspecified atom stereocenters. The molecular weight excluding hydrogens is 338 g/mol. The third kappa shape index (κ3) is 4.78. The number of carbonyl (C=O) groups excluding carboxylic acids is 1. The molecule has 0 spiro atoms. The molecule has 1 aliphatic carbocycles. The minimum absolute atomic E-state index is 0.0240. The van der Waals surface area contributed by atoms with E-state index < -0.39 is 4.92 Å². The standard InChI is InChI=1S/C16H25N7O3/c1-11(2)18-14(24)10-21-5-7-22(8-6-21)16-17-9-13(23(25)26)15(20-16)19-12-3-4-12/h9,11-12H,3-8,10H2,1-2H3,(H,18,24)(H,17,19,20). The molecule has 0 bridgehead atoms. The quantitative estimate of drug-likeness (QED) is 0.534. The van der Waals surface area contributed by atoms with Gasteiger partial charge in [-0.25, -0.2) is 4.98 Å². The second-order valence-electron chi connectivity index (χ2n) is 7.06. The van der Waals surface area contributed by atoms with Crippen LogP contribution in [-0.2, 0) is 4.79 Å². The number of hydrogen-bond acceptors (Lipinski definition) is 8. The van der Waals surface area contributed by atoms with Gasteiger partial charge in [-0.15, -0.1) is 0 Å². The van der Waals surface area contributed by atoms with E-state index >= 15 is 0 Å². The lowest BCUT2D eigenvalue weighted by molar-refractivity contribution is -0.384. The maximum absolute atomic E-state index is 11.9. The number of anilines is 2. The third-order valence-electron chi connectivity index (χ3n) is 4.34. The van der Waals surface area contributed by atoms with Gasteiger partial charge in [-0.3, -0.25) is 19.8 Å². The van der Waals surface area contributed by atoms with Gasteiger partial charge in [0.2, 0.25) is 17.7 Å². The minimum atomic E-state index is -0.459. The number of carbonyl (C=O) groups is 1. The monoisotopic (exact) mass is 363 g/mol. The highest BCUT2D eigenvalue weighted by molar-refractivity contribution is 5.78. The second kappa shape index (κ2) is 7.81. The lowest BCUT2D eigenvalue weighted by Gasteiger charge is -2.34. The van der Waals surface area contributed by atoms with Crippen molar-refractivity contribution < 1.29 is 9.72 Å². The van der Waals surface area contributed by atoms with Crippen LogP contribution in [0.15, 0.2) is 6.20 Å². The maximum Gasteiger partial charge on any atom is 0.329 e. The van der Waals surface area contributed by atoms with Crippen LogP contribution in [0, 0.1) is 10.1 Å². The summed E-state index contributed by atoms with van der Waals surface area (Å²) < 4.78 is 0. The molecule has 142 valence electrons. The SMILES string of the molecule is CC(C)NC(=O)CN1CCN(c2ncc([N+](=O)[O-])c(NC3CC3)n2)CC1. The van der Waals surface area contributed by atoms with Gasteiger partial charge in [0, 0.05) is 38.3 Å². The molecule has 0 aromatic carbocycles. The van der Waals surface area contributed by atoms with E-state index in [0.29, 0.717) is 31.4 Å². The van der Waals surface area contributed by atoms with Crippen molar-refractivity contribution in [3.63, 3.8) is 0 Å². The van der Waals surface area contributed by atoms with E-state index in [0.717, 1.165) is 25.9 Å². The molecule has 26 heavy (non-hydrogen) atoms. The Hall–Kier alpha value is -2.49. The van der Waals surface area contributed by atoms with E-state index in [9.17, 15) is 14.9 Å². The number of aromatic nitrogens is 2. The summed E-state index contributed by atoms with van der Waals surface area (Å²) in [5.74, 6) is 0.808. The van der Waals surface area contributed by atoms with Crippen LogP contribution in [0.3, 0.4) is 0 Å². The van der Waals surface area contributed by atoms with Crippen molar-refractivity contribution in [3.05, 3.63) is 16.3 Å². The number of nitrogens with one attached hydrogen (secondary N) is 2. The zero-order valence-corrected chi connectivity index (χ0v) is 15.1. The fourth-order valence-electron chi connectivity index (χ4n) is 2.86. The van der Waals surface area contributed by atoms with Crippen LogP contribution in [0.1, 0.15) is 26.7 Å². The van der Waals surface area contributed by atoms with Crippen molar-refractivity contribution >= 4 is 23.4 Å². The Kier molecular flexibility index (Phi) is 5.50. The Labute approximate surface area is 152 Å². The molecule has 0 atom stereocenters. The molecular formula is C16H25N7O3. The van der Waals surface area contributed by atoms with E-state index in [1.807, 2.05) is 18.7 Å². The van der Waals surface area contributed by atoms with Crippen LogP contribution in [0.25, 0.3) is 0 Å². The van der Waals surface area contributed by atoms with Crippen molar-refractivity contribution in [2.75, 3.05) is 42.9 Å². The number of piperazine rings is 1. The first-order valence-electron chi connectivity index (χ1n) is 8.97. The average Bonchev–Trinajstić information content (AvgIpc) is 3.38. The lowest BCUT2D eigenvalue weighted by atomic mass is 10.3. The number of nitrogens with zero attached hydrogens (tertiary/aromatic N) is 5.